The molecule has 0 bridgehead atoms. The van der Waals surface area contributed by atoms with E-state index in [-0.39, 0.29) is 16.5 Å². The maximum Gasteiger partial charge on any atom is 0.339 e. The van der Waals surface area contributed by atoms with Gasteiger partial charge in [-0.3, -0.25) is 0 Å². The smallest absolute Gasteiger partial charge is 0.339 e. The van der Waals surface area contributed by atoms with Gasteiger partial charge >= 0.3 is 5.97 Å². The van der Waals surface area contributed by atoms with Crippen LogP contribution in [0, 0.1) is 0 Å². The Hall–Kier alpha value is -2.00. The highest BCUT2D eigenvalue weighted by Crippen LogP contribution is 2.25. The van der Waals surface area contributed by atoms with Crippen LogP contribution in [0.4, 0.5) is 5.69 Å². The third-order valence-corrected chi connectivity index (χ3v) is 3.51. The summed E-state index contributed by atoms with van der Waals surface area (Å²) in [6.07, 6.45) is 0. The van der Waals surface area contributed by atoms with E-state index in [4.69, 9.17) is 11.6 Å². The first-order chi connectivity index (χ1) is 9.59. The Morgan fingerprint density at radius 1 is 1.20 bits per heavy atom. The quantitative estimate of drug-likeness (QED) is 0.865. The molecule has 0 aliphatic rings. The van der Waals surface area contributed by atoms with Gasteiger partial charge in [0.15, 0.2) is 0 Å². The van der Waals surface area contributed by atoms with Crippen molar-refractivity contribution in [3.63, 3.8) is 0 Å². The molecule has 2 N–H and O–H groups in total. The average molecular weight is 290 g/mol. The number of aromatic carboxylic acids is 1. The van der Waals surface area contributed by atoms with Gasteiger partial charge in [0.05, 0.1) is 10.7 Å². The lowest BCUT2D eigenvalue weighted by molar-refractivity contribution is 0.0698. The maximum atomic E-state index is 11.2. The highest BCUT2D eigenvalue weighted by atomic mass is 35.5. The minimum Gasteiger partial charge on any atom is -0.478 e. The molecule has 2 aromatic carbocycles. The second-order valence-electron chi connectivity index (χ2n) is 4.66. The largest absolute Gasteiger partial charge is 0.478 e. The summed E-state index contributed by atoms with van der Waals surface area (Å²) in [5, 5.41) is 12.6. The summed E-state index contributed by atoms with van der Waals surface area (Å²) in [5.74, 6) is -0.748. The van der Waals surface area contributed by atoms with Gasteiger partial charge < -0.3 is 10.4 Å². The van der Waals surface area contributed by atoms with Crippen molar-refractivity contribution in [2.24, 2.45) is 0 Å². The number of hydrogen-bond donors (Lipinski definition) is 2. The summed E-state index contributed by atoms with van der Waals surface area (Å²) in [5.41, 5.74) is 1.88. The summed E-state index contributed by atoms with van der Waals surface area (Å²) in [6, 6.07) is 15.1. The second kappa shape index (κ2) is 6.44. The first-order valence-electron chi connectivity index (χ1n) is 6.40. The van der Waals surface area contributed by atoms with E-state index in [1.807, 2.05) is 18.2 Å². The molecule has 0 saturated carbocycles. The Kier molecular flexibility index (Phi) is 4.64. The molecule has 2 rings (SSSR count). The number of anilines is 1. The molecule has 104 valence electrons. The molecule has 4 heteroatoms. The number of hydrogen-bond acceptors (Lipinski definition) is 2. The molecule has 0 heterocycles. The Balaban J connectivity index is 2.12. The topological polar surface area (TPSA) is 49.3 Å². The van der Waals surface area contributed by atoms with E-state index in [1.54, 1.807) is 18.2 Å². The van der Waals surface area contributed by atoms with Crippen LogP contribution in [0.25, 0.3) is 0 Å². The highest BCUT2D eigenvalue weighted by molar-refractivity contribution is 6.34. The normalized spacial score (nSPS) is 11.9. The second-order valence-corrected chi connectivity index (χ2v) is 5.07. The molecule has 2 aromatic rings. The van der Waals surface area contributed by atoms with Crippen LogP contribution in [0.3, 0.4) is 0 Å². The zero-order chi connectivity index (χ0) is 14.5. The molecule has 20 heavy (non-hydrogen) atoms. The number of carboxylic acids is 1. The van der Waals surface area contributed by atoms with E-state index in [2.05, 4.69) is 24.4 Å². The van der Waals surface area contributed by atoms with Crippen LogP contribution in [0.2, 0.25) is 5.02 Å². The van der Waals surface area contributed by atoms with Gasteiger partial charge in [-0.05, 0) is 23.6 Å². The summed E-state index contributed by atoms with van der Waals surface area (Å²) in [4.78, 5) is 11.2. The molecule has 0 amide bonds. The number of nitrogens with one attached hydrogen (secondary N) is 1. The van der Waals surface area contributed by atoms with Crippen molar-refractivity contribution in [2.75, 3.05) is 11.9 Å². The van der Waals surface area contributed by atoms with Crippen LogP contribution in [-0.4, -0.2) is 17.6 Å². The van der Waals surface area contributed by atoms with Gasteiger partial charge in [0.1, 0.15) is 5.56 Å². The van der Waals surface area contributed by atoms with Crippen molar-refractivity contribution in [1.82, 2.24) is 0 Å². The molecular weight excluding hydrogens is 274 g/mol. The van der Waals surface area contributed by atoms with Crippen LogP contribution >= 0.6 is 11.6 Å². The van der Waals surface area contributed by atoms with Crippen molar-refractivity contribution in [3.8, 4) is 0 Å². The number of carboxylic acid groups (broad SMARTS) is 1. The predicted octanol–water partition coefficient (Wildman–Crippen LogP) is 4.25. The zero-order valence-corrected chi connectivity index (χ0v) is 11.9. The number of benzene rings is 2. The van der Waals surface area contributed by atoms with Crippen LogP contribution in [0.5, 0.6) is 0 Å². The standard InChI is InChI=1S/C16H16ClNO2/c1-11(12-6-3-2-4-7-12)10-18-14-9-5-8-13(17)15(14)16(19)20/h2-9,11,18H,10H2,1H3,(H,19,20). The minimum absolute atomic E-state index is 0.120. The summed E-state index contributed by atoms with van der Waals surface area (Å²) < 4.78 is 0. The van der Waals surface area contributed by atoms with Gasteiger partial charge in [-0.1, -0.05) is 54.9 Å². The summed E-state index contributed by atoms with van der Waals surface area (Å²) in [7, 11) is 0. The van der Waals surface area contributed by atoms with E-state index in [0.29, 0.717) is 12.2 Å². The first kappa shape index (κ1) is 14.4. The first-order valence-corrected chi connectivity index (χ1v) is 6.78. The third kappa shape index (κ3) is 3.31. The SMILES string of the molecule is CC(CNc1cccc(Cl)c1C(=O)O)c1ccccc1. The summed E-state index contributed by atoms with van der Waals surface area (Å²) >= 11 is 5.94. The Morgan fingerprint density at radius 3 is 2.55 bits per heavy atom. The lowest BCUT2D eigenvalue weighted by atomic mass is 10.0. The zero-order valence-electron chi connectivity index (χ0n) is 11.1. The number of rotatable bonds is 5. The fourth-order valence-electron chi connectivity index (χ4n) is 2.05. The lowest BCUT2D eigenvalue weighted by Crippen LogP contribution is -2.13. The van der Waals surface area contributed by atoms with Gasteiger partial charge in [-0.25, -0.2) is 4.79 Å². The Morgan fingerprint density at radius 2 is 1.90 bits per heavy atom. The van der Waals surface area contributed by atoms with Gasteiger partial charge in [0.25, 0.3) is 0 Å². The molecule has 0 aromatic heterocycles. The van der Waals surface area contributed by atoms with Crippen LogP contribution in [-0.2, 0) is 0 Å². The predicted molar refractivity (Wildman–Crippen MR) is 81.8 cm³/mol. The van der Waals surface area contributed by atoms with E-state index in [1.165, 1.54) is 5.56 Å². The fraction of sp³-hybridized carbons (Fsp3) is 0.188. The Bertz CT molecular complexity index is 599. The molecule has 0 spiro atoms. The van der Waals surface area contributed by atoms with Crippen molar-refractivity contribution < 1.29 is 9.90 Å². The van der Waals surface area contributed by atoms with Crippen molar-refractivity contribution in [2.45, 2.75) is 12.8 Å². The molecule has 1 unspecified atom stereocenters. The Labute approximate surface area is 123 Å². The molecular formula is C16H16ClNO2. The number of halogens is 1. The van der Waals surface area contributed by atoms with Crippen LogP contribution in [0.15, 0.2) is 48.5 Å². The van der Waals surface area contributed by atoms with Gasteiger partial charge in [0.2, 0.25) is 0 Å². The monoisotopic (exact) mass is 289 g/mol. The molecule has 1 atom stereocenters. The number of carbonyl (C=O) groups is 1. The van der Waals surface area contributed by atoms with Crippen molar-refractivity contribution in [1.29, 1.82) is 0 Å². The molecule has 0 saturated heterocycles. The lowest BCUT2D eigenvalue weighted by Gasteiger charge is -2.16. The van der Waals surface area contributed by atoms with Crippen LogP contribution in [0.1, 0.15) is 28.8 Å². The molecule has 0 aliphatic heterocycles. The molecule has 0 radical (unpaired) electrons. The van der Waals surface area contributed by atoms with Crippen molar-refractivity contribution in [3.05, 3.63) is 64.7 Å². The van der Waals surface area contributed by atoms with Gasteiger partial charge in [0, 0.05) is 6.54 Å². The minimum atomic E-state index is -1.02. The van der Waals surface area contributed by atoms with Crippen LogP contribution < -0.4 is 5.32 Å². The average Bonchev–Trinajstić information content (AvgIpc) is 2.45. The van der Waals surface area contributed by atoms with E-state index < -0.39 is 5.97 Å². The van der Waals surface area contributed by atoms with E-state index in [9.17, 15) is 9.90 Å². The van der Waals surface area contributed by atoms with E-state index in [0.717, 1.165) is 0 Å². The van der Waals surface area contributed by atoms with Crippen molar-refractivity contribution >= 4 is 23.3 Å². The fourth-order valence-corrected chi connectivity index (χ4v) is 2.31. The molecule has 0 aliphatic carbocycles. The van der Waals surface area contributed by atoms with E-state index >= 15 is 0 Å². The van der Waals surface area contributed by atoms with Gasteiger partial charge in [-0.15, -0.1) is 0 Å². The van der Waals surface area contributed by atoms with Gasteiger partial charge in [-0.2, -0.15) is 0 Å². The molecule has 3 nitrogen and oxygen atoms in total. The molecule has 0 fully saturated rings. The summed E-state index contributed by atoms with van der Waals surface area (Å²) in [6.45, 7) is 2.73. The third-order valence-electron chi connectivity index (χ3n) is 3.19. The maximum absolute atomic E-state index is 11.2. The highest BCUT2D eigenvalue weighted by Gasteiger charge is 2.14.